The van der Waals surface area contributed by atoms with Crippen molar-refractivity contribution < 1.29 is 9.47 Å². The molecule has 0 bridgehead atoms. The second kappa shape index (κ2) is 6.13. The molecule has 0 unspecified atom stereocenters. The van der Waals surface area contributed by atoms with Crippen LogP contribution in [0.5, 0.6) is 11.6 Å². The van der Waals surface area contributed by atoms with E-state index in [0.29, 0.717) is 16.7 Å². The summed E-state index contributed by atoms with van der Waals surface area (Å²) in [4.78, 5) is 13.7. The van der Waals surface area contributed by atoms with Gasteiger partial charge in [0.05, 0.1) is 41.2 Å². The van der Waals surface area contributed by atoms with E-state index in [4.69, 9.17) is 26.1 Å². The maximum absolute atomic E-state index is 6.35. The number of rotatable bonds is 3. The van der Waals surface area contributed by atoms with Gasteiger partial charge >= 0.3 is 0 Å². The molecule has 0 aliphatic heterocycles. The van der Waals surface area contributed by atoms with Crippen molar-refractivity contribution in [2.75, 3.05) is 14.2 Å². The van der Waals surface area contributed by atoms with E-state index in [1.54, 1.807) is 37.8 Å². The van der Waals surface area contributed by atoms with Crippen molar-refractivity contribution in [1.29, 1.82) is 0 Å². The van der Waals surface area contributed by atoms with Crippen LogP contribution < -0.4 is 9.47 Å². The molecule has 2 aromatic carbocycles. The molecule has 126 valence electrons. The Morgan fingerprint density at radius 1 is 1.00 bits per heavy atom. The lowest BCUT2D eigenvalue weighted by Gasteiger charge is -2.06. The minimum atomic E-state index is 0.487. The van der Waals surface area contributed by atoms with Gasteiger partial charge in [-0.15, -0.1) is 11.3 Å². The maximum atomic E-state index is 6.35. The number of hydrogen-bond donors (Lipinski definition) is 0. The molecule has 2 heterocycles. The van der Waals surface area contributed by atoms with Gasteiger partial charge in [0, 0.05) is 11.6 Å². The molecule has 5 nitrogen and oxygen atoms in total. The van der Waals surface area contributed by atoms with Crippen LogP contribution in [0.15, 0.2) is 30.5 Å². The molecule has 0 saturated carbocycles. The summed E-state index contributed by atoms with van der Waals surface area (Å²) in [6, 6.07) is 7.76. The number of thiazole rings is 1. The third-order valence-electron chi connectivity index (χ3n) is 3.87. The molecule has 0 fully saturated rings. The van der Waals surface area contributed by atoms with Crippen molar-refractivity contribution in [1.82, 2.24) is 15.0 Å². The molecule has 0 radical (unpaired) electrons. The van der Waals surface area contributed by atoms with E-state index in [9.17, 15) is 0 Å². The largest absolute Gasteiger partial charge is 0.497 e. The Morgan fingerprint density at radius 2 is 1.84 bits per heavy atom. The van der Waals surface area contributed by atoms with Crippen molar-refractivity contribution in [3.05, 3.63) is 41.0 Å². The average molecular weight is 372 g/mol. The highest BCUT2D eigenvalue weighted by molar-refractivity contribution is 7.21. The van der Waals surface area contributed by atoms with Gasteiger partial charge in [-0.05, 0) is 30.7 Å². The van der Waals surface area contributed by atoms with Gasteiger partial charge in [-0.25, -0.2) is 15.0 Å². The molecule has 0 aliphatic carbocycles. The number of ether oxygens (including phenoxy) is 2. The van der Waals surface area contributed by atoms with E-state index >= 15 is 0 Å². The SMILES string of the molecule is COc1cc(Cl)c2nc(-c3cc(C)cc4nc(OC)cnc34)sc2c1. The van der Waals surface area contributed by atoms with Gasteiger partial charge in [-0.1, -0.05) is 11.6 Å². The van der Waals surface area contributed by atoms with Crippen LogP contribution >= 0.6 is 22.9 Å². The standard InChI is InChI=1S/C18H14ClN3O2S/c1-9-4-11(16-13(5-9)21-15(24-3)8-20-16)18-22-17-12(19)6-10(23-2)7-14(17)25-18/h4-8H,1-3H3. The van der Waals surface area contributed by atoms with Crippen LogP contribution in [-0.2, 0) is 0 Å². The summed E-state index contributed by atoms with van der Waals surface area (Å²) in [7, 11) is 3.20. The molecule has 25 heavy (non-hydrogen) atoms. The first-order chi connectivity index (χ1) is 12.1. The fourth-order valence-electron chi connectivity index (χ4n) is 2.71. The number of benzene rings is 2. The molecule has 0 amide bonds. The number of aryl methyl sites for hydroxylation is 1. The highest BCUT2D eigenvalue weighted by Gasteiger charge is 2.15. The molecule has 0 aliphatic rings. The van der Waals surface area contributed by atoms with Crippen LogP contribution in [0.2, 0.25) is 5.02 Å². The van der Waals surface area contributed by atoms with Crippen molar-refractivity contribution in [3.63, 3.8) is 0 Å². The summed E-state index contributed by atoms with van der Waals surface area (Å²) in [6.07, 6.45) is 1.62. The maximum Gasteiger partial charge on any atom is 0.232 e. The molecule has 4 rings (SSSR count). The average Bonchev–Trinajstić information content (AvgIpc) is 3.04. The topological polar surface area (TPSA) is 57.1 Å². The molecule has 2 aromatic heterocycles. The summed E-state index contributed by atoms with van der Waals surface area (Å²) >= 11 is 7.90. The molecule has 7 heteroatoms. The third kappa shape index (κ3) is 2.77. The molecular weight excluding hydrogens is 358 g/mol. The van der Waals surface area contributed by atoms with Crippen molar-refractivity contribution in [2.24, 2.45) is 0 Å². The number of nitrogens with zero attached hydrogens (tertiary/aromatic N) is 3. The van der Waals surface area contributed by atoms with E-state index in [1.807, 2.05) is 19.1 Å². The van der Waals surface area contributed by atoms with Crippen LogP contribution in [0.1, 0.15) is 5.56 Å². The van der Waals surface area contributed by atoms with Crippen LogP contribution in [-0.4, -0.2) is 29.2 Å². The van der Waals surface area contributed by atoms with Gasteiger partial charge in [-0.2, -0.15) is 0 Å². The fourth-order valence-corrected chi connectivity index (χ4v) is 4.05. The first-order valence-electron chi connectivity index (χ1n) is 7.55. The number of aromatic nitrogens is 3. The predicted octanol–water partition coefficient (Wildman–Crippen LogP) is 4.89. The van der Waals surface area contributed by atoms with E-state index in [1.165, 1.54) is 0 Å². The lowest BCUT2D eigenvalue weighted by molar-refractivity contribution is 0.397. The van der Waals surface area contributed by atoms with Gasteiger partial charge in [0.15, 0.2) is 0 Å². The van der Waals surface area contributed by atoms with Gasteiger partial charge in [0.2, 0.25) is 5.88 Å². The van der Waals surface area contributed by atoms with Gasteiger partial charge in [-0.3, -0.25) is 0 Å². The quantitative estimate of drug-likeness (QED) is 0.513. The molecule has 0 saturated heterocycles. The highest BCUT2D eigenvalue weighted by Crippen LogP contribution is 2.38. The Balaban J connectivity index is 1.97. The summed E-state index contributed by atoms with van der Waals surface area (Å²) in [6.45, 7) is 2.02. The number of fused-ring (bicyclic) bond motifs is 2. The van der Waals surface area contributed by atoms with Crippen molar-refractivity contribution in [3.8, 4) is 22.2 Å². The Morgan fingerprint density at radius 3 is 2.60 bits per heavy atom. The van der Waals surface area contributed by atoms with Gasteiger partial charge < -0.3 is 9.47 Å². The lowest BCUT2D eigenvalue weighted by atomic mass is 10.1. The number of methoxy groups -OCH3 is 2. The zero-order chi connectivity index (χ0) is 17.6. The molecular formula is C18H14ClN3O2S. The Kier molecular flexibility index (Phi) is 3.94. The van der Waals surface area contributed by atoms with E-state index in [0.717, 1.165) is 37.4 Å². The number of hydrogen-bond acceptors (Lipinski definition) is 6. The smallest absolute Gasteiger partial charge is 0.232 e. The summed E-state index contributed by atoms with van der Waals surface area (Å²) in [5.74, 6) is 1.20. The van der Waals surface area contributed by atoms with Crippen LogP contribution in [0, 0.1) is 6.92 Å². The highest BCUT2D eigenvalue weighted by atomic mass is 35.5. The van der Waals surface area contributed by atoms with Gasteiger partial charge in [0.1, 0.15) is 16.3 Å². The van der Waals surface area contributed by atoms with Crippen LogP contribution in [0.4, 0.5) is 0 Å². The zero-order valence-corrected chi connectivity index (χ0v) is 15.4. The van der Waals surface area contributed by atoms with E-state index in [-0.39, 0.29) is 0 Å². The second-order valence-corrected chi connectivity index (χ2v) is 7.01. The first kappa shape index (κ1) is 16.1. The predicted molar refractivity (Wildman–Crippen MR) is 101 cm³/mol. The normalized spacial score (nSPS) is 11.2. The molecule has 0 atom stereocenters. The summed E-state index contributed by atoms with van der Waals surface area (Å²) < 4.78 is 11.4. The minimum Gasteiger partial charge on any atom is -0.497 e. The van der Waals surface area contributed by atoms with Crippen LogP contribution in [0.3, 0.4) is 0 Å². The third-order valence-corrected chi connectivity index (χ3v) is 5.19. The summed E-state index contributed by atoms with van der Waals surface area (Å²) in [5, 5.41) is 1.42. The molecule has 0 spiro atoms. The lowest BCUT2D eigenvalue weighted by Crippen LogP contribution is -1.93. The van der Waals surface area contributed by atoms with Crippen LogP contribution in [0.25, 0.3) is 31.8 Å². The Labute approximate surface area is 153 Å². The monoisotopic (exact) mass is 371 g/mol. The second-order valence-electron chi connectivity index (χ2n) is 5.57. The first-order valence-corrected chi connectivity index (χ1v) is 8.74. The van der Waals surface area contributed by atoms with Crippen molar-refractivity contribution >= 4 is 44.2 Å². The Bertz CT molecular complexity index is 1110. The van der Waals surface area contributed by atoms with Crippen molar-refractivity contribution in [2.45, 2.75) is 6.92 Å². The summed E-state index contributed by atoms with van der Waals surface area (Å²) in [5.41, 5.74) is 4.33. The minimum absolute atomic E-state index is 0.487. The fraction of sp³-hybridized carbons (Fsp3) is 0.167. The molecule has 4 aromatic rings. The Hall–Kier alpha value is -2.44. The van der Waals surface area contributed by atoms with E-state index < -0.39 is 0 Å². The van der Waals surface area contributed by atoms with E-state index in [2.05, 4.69) is 16.0 Å². The molecule has 0 N–H and O–H groups in total. The number of halogens is 1. The zero-order valence-electron chi connectivity index (χ0n) is 13.8. The van der Waals surface area contributed by atoms with Gasteiger partial charge in [0.25, 0.3) is 0 Å².